The second-order valence-electron chi connectivity index (χ2n) is 21.5. The standard InChI is InChI=1S/C67H112O14/c1-3-5-7-9-11-13-15-17-19-21-23-25-27-29-31-33-35-37-39-41-43-45-47-49-51-76-53-56(54-77-66-65(75)63(73)61(71)58(81-66)55-78-67-64(74)62(72)60(70)57(52-68)80-67)79-59(69)50-48-46-44-42-40-38-36-34-32-30-28-26-24-22-20-18-16-14-12-10-8-6-4-2/h5,7,11,13,16-19,22-25,28-31,35,37,56-58,60-68,70-75H,3-4,6,8-10,12,14-15,20-21,26-27,32-34,36,38-55H2,1-2H3/b7-5-,13-11-,18-16-,19-17-,24-22-,25-23-,30-28-,31-29-,37-35-. The third kappa shape index (κ3) is 38.3. The first kappa shape index (κ1) is 73.8. The van der Waals surface area contributed by atoms with Crippen LogP contribution in [0, 0.1) is 0 Å². The van der Waals surface area contributed by atoms with Crippen LogP contribution < -0.4 is 0 Å². The van der Waals surface area contributed by atoms with Gasteiger partial charge in [0.05, 0.1) is 26.4 Å². The van der Waals surface area contributed by atoms with Crippen molar-refractivity contribution in [2.45, 2.75) is 274 Å². The highest BCUT2D eigenvalue weighted by atomic mass is 16.7. The van der Waals surface area contributed by atoms with Gasteiger partial charge in [0.1, 0.15) is 54.9 Å². The maximum absolute atomic E-state index is 13.1. The zero-order valence-corrected chi connectivity index (χ0v) is 50.0. The first-order valence-electron chi connectivity index (χ1n) is 31.5. The highest BCUT2D eigenvalue weighted by Crippen LogP contribution is 2.27. The van der Waals surface area contributed by atoms with Gasteiger partial charge in [0.2, 0.25) is 0 Å². The lowest BCUT2D eigenvalue weighted by molar-refractivity contribution is -0.332. The summed E-state index contributed by atoms with van der Waals surface area (Å²) < 4.78 is 34.4. The minimum atomic E-state index is -1.72. The largest absolute Gasteiger partial charge is 0.457 e. The van der Waals surface area contributed by atoms with Gasteiger partial charge in [0.25, 0.3) is 0 Å². The van der Waals surface area contributed by atoms with E-state index in [4.69, 9.17) is 28.4 Å². The number of carbonyl (C=O) groups is 1. The lowest BCUT2D eigenvalue weighted by Gasteiger charge is -2.42. The van der Waals surface area contributed by atoms with Gasteiger partial charge < -0.3 is 64.2 Å². The molecule has 14 heteroatoms. The maximum atomic E-state index is 13.1. The van der Waals surface area contributed by atoms with Gasteiger partial charge in [0, 0.05) is 13.0 Å². The number of hydrogen-bond donors (Lipinski definition) is 7. The van der Waals surface area contributed by atoms with Gasteiger partial charge >= 0.3 is 5.97 Å². The second kappa shape index (κ2) is 52.2. The first-order chi connectivity index (χ1) is 39.6. The molecular weight excluding hydrogens is 1030 g/mol. The Labute approximate surface area is 489 Å². The Morgan fingerprint density at radius 3 is 1.26 bits per heavy atom. The molecular formula is C67H112O14. The van der Waals surface area contributed by atoms with Gasteiger partial charge in [-0.3, -0.25) is 4.79 Å². The summed E-state index contributed by atoms with van der Waals surface area (Å²) in [5.41, 5.74) is 0. The predicted octanol–water partition coefficient (Wildman–Crippen LogP) is 12.3. The zero-order chi connectivity index (χ0) is 58.6. The fourth-order valence-corrected chi connectivity index (χ4v) is 9.24. The van der Waals surface area contributed by atoms with Crippen LogP contribution in [0.25, 0.3) is 0 Å². The fraction of sp³-hybridized carbons (Fsp3) is 0.716. The number of rotatable bonds is 50. The lowest BCUT2D eigenvalue weighted by atomic mass is 9.98. The van der Waals surface area contributed by atoms with Crippen LogP contribution in [0.3, 0.4) is 0 Å². The smallest absolute Gasteiger partial charge is 0.306 e. The van der Waals surface area contributed by atoms with Crippen molar-refractivity contribution in [3.8, 4) is 0 Å². The van der Waals surface area contributed by atoms with Crippen LogP contribution >= 0.6 is 0 Å². The molecule has 464 valence electrons. The lowest BCUT2D eigenvalue weighted by Crippen LogP contribution is -2.61. The van der Waals surface area contributed by atoms with E-state index in [-0.39, 0.29) is 19.6 Å². The van der Waals surface area contributed by atoms with Gasteiger partial charge in [-0.2, -0.15) is 0 Å². The van der Waals surface area contributed by atoms with Crippen molar-refractivity contribution in [3.05, 3.63) is 109 Å². The molecule has 0 radical (unpaired) electrons. The SMILES string of the molecule is CC/C=C\C/C=C\C/C=C\C/C=C\C/C=C\C/C=C\CCCCCCCOCC(COC1OC(COC2OC(CO)C(O)C(O)C2O)C(O)C(O)C1O)OC(=O)CCCCCCCCCC/C=C\C/C=C\C/C=C\CCCCCCC. The molecule has 0 spiro atoms. The molecule has 0 aliphatic carbocycles. The quantitative estimate of drug-likeness (QED) is 0.0172. The van der Waals surface area contributed by atoms with Crippen molar-refractivity contribution >= 4 is 5.97 Å². The van der Waals surface area contributed by atoms with Crippen LogP contribution in [0.15, 0.2) is 109 Å². The van der Waals surface area contributed by atoms with E-state index in [1.54, 1.807) is 0 Å². The average Bonchev–Trinajstić information content (AvgIpc) is 3.46. The summed E-state index contributed by atoms with van der Waals surface area (Å²) in [6, 6.07) is 0. The normalized spacial score (nSPS) is 24.5. The van der Waals surface area contributed by atoms with Crippen molar-refractivity contribution in [2.75, 3.05) is 33.0 Å². The molecule has 14 nitrogen and oxygen atoms in total. The Bertz CT molecular complexity index is 1750. The Hall–Kier alpha value is -3.35. The third-order valence-electron chi connectivity index (χ3n) is 14.3. The molecule has 0 amide bonds. The number of aliphatic hydroxyl groups excluding tert-OH is 7. The van der Waals surface area contributed by atoms with Crippen LogP contribution in [-0.2, 0) is 33.2 Å². The molecule has 0 saturated carbocycles. The predicted molar refractivity (Wildman–Crippen MR) is 325 cm³/mol. The highest BCUT2D eigenvalue weighted by Gasteiger charge is 2.47. The van der Waals surface area contributed by atoms with E-state index in [2.05, 4.69) is 123 Å². The van der Waals surface area contributed by atoms with E-state index in [1.807, 2.05) is 0 Å². The van der Waals surface area contributed by atoms with Crippen molar-refractivity contribution in [1.29, 1.82) is 0 Å². The topological polar surface area (TPSA) is 214 Å². The third-order valence-corrected chi connectivity index (χ3v) is 14.3. The van der Waals surface area contributed by atoms with Crippen molar-refractivity contribution in [2.24, 2.45) is 0 Å². The van der Waals surface area contributed by atoms with Gasteiger partial charge in [-0.1, -0.05) is 207 Å². The molecule has 0 bridgehead atoms. The summed E-state index contributed by atoms with van der Waals surface area (Å²) in [4.78, 5) is 13.1. The van der Waals surface area contributed by atoms with Crippen molar-refractivity contribution in [1.82, 2.24) is 0 Å². The maximum Gasteiger partial charge on any atom is 0.306 e. The van der Waals surface area contributed by atoms with Crippen LogP contribution in [0.2, 0.25) is 0 Å². The zero-order valence-electron chi connectivity index (χ0n) is 50.0. The summed E-state index contributed by atoms with van der Waals surface area (Å²) in [6.45, 7) is 3.50. The Morgan fingerprint density at radius 1 is 0.420 bits per heavy atom. The van der Waals surface area contributed by atoms with E-state index in [1.165, 1.54) is 64.2 Å². The molecule has 0 aromatic carbocycles. The number of allylic oxidation sites excluding steroid dienone is 18. The molecule has 2 aliphatic heterocycles. The van der Waals surface area contributed by atoms with Crippen LogP contribution in [0.4, 0.5) is 0 Å². The Balaban J connectivity index is 1.71. The molecule has 0 aromatic rings. The minimum Gasteiger partial charge on any atom is -0.457 e. The average molecular weight is 1140 g/mol. The van der Waals surface area contributed by atoms with E-state index < -0.39 is 86.7 Å². The molecule has 2 heterocycles. The Morgan fingerprint density at radius 2 is 0.802 bits per heavy atom. The summed E-state index contributed by atoms with van der Waals surface area (Å²) in [6.07, 6.45) is 55.7. The van der Waals surface area contributed by atoms with E-state index in [9.17, 15) is 40.5 Å². The number of aliphatic hydroxyl groups is 7. The van der Waals surface area contributed by atoms with Gasteiger partial charge in [-0.25, -0.2) is 0 Å². The van der Waals surface area contributed by atoms with Crippen LogP contribution in [0.1, 0.15) is 206 Å². The molecule has 7 N–H and O–H groups in total. The minimum absolute atomic E-state index is 0.0378. The number of ether oxygens (including phenoxy) is 6. The molecule has 2 fully saturated rings. The van der Waals surface area contributed by atoms with Crippen LogP contribution in [0.5, 0.6) is 0 Å². The molecule has 2 rings (SSSR count). The number of esters is 1. The van der Waals surface area contributed by atoms with E-state index >= 15 is 0 Å². The van der Waals surface area contributed by atoms with E-state index in [0.717, 1.165) is 116 Å². The molecule has 0 aromatic heterocycles. The fourth-order valence-electron chi connectivity index (χ4n) is 9.24. The summed E-state index contributed by atoms with van der Waals surface area (Å²) >= 11 is 0. The van der Waals surface area contributed by atoms with Crippen molar-refractivity contribution in [3.63, 3.8) is 0 Å². The van der Waals surface area contributed by atoms with Crippen LogP contribution in [-0.4, -0.2) is 142 Å². The van der Waals surface area contributed by atoms with E-state index in [0.29, 0.717) is 13.0 Å². The molecule has 11 atom stereocenters. The number of hydrogen-bond acceptors (Lipinski definition) is 14. The Kier molecular flexibility index (Phi) is 47.5. The molecule has 2 saturated heterocycles. The van der Waals surface area contributed by atoms with Gasteiger partial charge in [-0.05, 0) is 103 Å². The first-order valence-corrected chi connectivity index (χ1v) is 31.5. The van der Waals surface area contributed by atoms with Gasteiger partial charge in [-0.15, -0.1) is 0 Å². The monoisotopic (exact) mass is 1140 g/mol. The molecule has 81 heavy (non-hydrogen) atoms. The highest BCUT2D eigenvalue weighted by molar-refractivity contribution is 5.69. The number of unbranched alkanes of at least 4 members (excludes halogenated alkanes) is 18. The summed E-state index contributed by atoms with van der Waals surface area (Å²) in [5.74, 6) is -0.394. The summed E-state index contributed by atoms with van der Waals surface area (Å²) in [5, 5.41) is 72.5. The second-order valence-corrected chi connectivity index (χ2v) is 21.5. The summed E-state index contributed by atoms with van der Waals surface area (Å²) in [7, 11) is 0. The van der Waals surface area contributed by atoms with Crippen molar-refractivity contribution < 1.29 is 69.0 Å². The molecule has 2 aliphatic rings. The number of carbonyl (C=O) groups excluding carboxylic acids is 1. The molecule has 11 unspecified atom stereocenters. The van der Waals surface area contributed by atoms with Gasteiger partial charge in [0.15, 0.2) is 12.6 Å².